The fourth-order valence-electron chi connectivity index (χ4n) is 1.39. The fourth-order valence-corrected chi connectivity index (χ4v) is 2.61. The van der Waals surface area contributed by atoms with Gasteiger partial charge in [-0.2, -0.15) is 0 Å². The molecule has 0 aliphatic heterocycles. The van der Waals surface area contributed by atoms with E-state index in [9.17, 15) is 8.42 Å². The third-order valence-electron chi connectivity index (χ3n) is 2.38. The van der Waals surface area contributed by atoms with E-state index in [1.807, 2.05) is 0 Å². The van der Waals surface area contributed by atoms with E-state index in [0.717, 1.165) is 0 Å². The summed E-state index contributed by atoms with van der Waals surface area (Å²) < 4.78 is 28.1. The minimum absolute atomic E-state index is 0.0164. The summed E-state index contributed by atoms with van der Waals surface area (Å²) in [6, 6.07) is 1.27. The van der Waals surface area contributed by atoms with Crippen molar-refractivity contribution in [3.05, 3.63) is 36.0 Å². The van der Waals surface area contributed by atoms with E-state index in [1.54, 1.807) is 23.3 Å². The standard InChI is InChI=1S/C10H12ClN5O2S/c11-9-5-8(6-14-10(9)12)19(17,18)15-2-4-16-3-1-13-7-16/h1,3,5-7,15H,2,4H2,(H2,12,14). The lowest BCUT2D eigenvalue weighted by atomic mass is 10.5. The van der Waals surface area contributed by atoms with Crippen molar-refractivity contribution in [3.8, 4) is 0 Å². The first-order valence-corrected chi connectivity index (χ1v) is 7.21. The second kappa shape index (κ2) is 5.55. The normalized spacial score (nSPS) is 11.6. The number of hydrogen-bond donors (Lipinski definition) is 2. The molecular weight excluding hydrogens is 290 g/mol. The van der Waals surface area contributed by atoms with Crippen LogP contribution in [0.3, 0.4) is 0 Å². The van der Waals surface area contributed by atoms with Crippen LogP contribution in [-0.2, 0) is 16.6 Å². The van der Waals surface area contributed by atoms with Crippen LogP contribution in [0.2, 0.25) is 5.02 Å². The van der Waals surface area contributed by atoms with E-state index in [1.165, 1.54) is 12.3 Å². The van der Waals surface area contributed by atoms with Crippen molar-refractivity contribution in [2.75, 3.05) is 12.3 Å². The number of anilines is 1. The summed E-state index contributed by atoms with van der Waals surface area (Å²) in [5.41, 5.74) is 5.43. The number of nitrogens with one attached hydrogen (secondary N) is 1. The highest BCUT2D eigenvalue weighted by Gasteiger charge is 2.15. The van der Waals surface area contributed by atoms with Crippen LogP contribution in [0.25, 0.3) is 0 Å². The molecule has 102 valence electrons. The van der Waals surface area contributed by atoms with Crippen molar-refractivity contribution >= 4 is 27.4 Å². The van der Waals surface area contributed by atoms with Crippen LogP contribution < -0.4 is 10.5 Å². The van der Waals surface area contributed by atoms with Crippen molar-refractivity contribution in [3.63, 3.8) is 0 Å². The summed E-state index contributed by atoms with van der Waals surface area (Å²) in [6.45, 7) is 0.718. The van der Waals surface area contributed by atoms with Crippen molar-refractivity contribution in [1.82, 2.24) is 19.3 Å². The molecule has 2 aromatic rings. The Bertz CT molecular complexity index is 657. The average molecular weight is 302 g/mol. The van der Waals surface area contributed by atoms with E-state index in [-0.39, 0.29) is 22.3 Å². The SMILES string of the molecule is Nc1ncc(S(=O)(=O)NCCn2ccnc2)cc1Cl. The number of nitrogens with two attached hydrogens (primary N) is 1. The summed E-state index contributed by atoms with van der Waals surface area (Å²) in [5.74, 6) is 0.0963. The highest BCUT2D eigenvalue weighted by molar-refractivity contribution is 7.89. The molecule has 0 unspecified atom stereocenters. The molecule has 0 aromatic carbocycles. The van der Waals surface area contributed by atoms with Gasteiger partial charge in [-0.15, -0.1) is 0 Å². The summed E-state index contributed by atoms with van der Waals surface area (Å²) in [6.07, 6.45) is 6.14. The molecule has 0 bridgehead atoms. The van der Waals surface area contributed by atoms with Gasteiger partial charge < -0.3 is 10.3 Å². The Balaban J connectivity index is 2.03. The second-order valence-corrected chi connectivity index (χ2v) is 5.91. The molecule has 0 fully saturated rings. The van der Waals surface area contributed by atoms with Gasteiger partial charge in [0.1, 0.15) is 10.7 Å². The van der Waals surface area contributed by atoms with Crippen LogP contribution in [0.5, 0.6) is 0 Å². The summed E-state index contributed by atoms with van der Waals surface area (Å²) in [4.78, 5) is 7.56. The fraction of sp³-hybridized carbons (Fsp3) is 0.200. The number of halogens is 1. The smallest absolute Gasteiger partial charge is 0.242 e. The molecule has 0 aliphatic rings. The molecule has 0 atom stereocenters. The lowest BCUT2D eigenvalue weighted by molar-refractivity contribution is 0.572. The lowest BCUT2D eigenvalue weighted by Crippen LogP contribution is -2.27. The molecule has 0 saturated heterocycles. The Morgan fingerprint density at radius 2 is 2.26 bits per heavy atom. The first kappa shape index (κ1) is 13.8. The van der Waals surface area contributed by atoms with Crippen LogP contribution in [0, 0.1) is 0 Å². The van der Waals surface area contributed by atoms with Gasteiger partial charge in [0.15, 0.2) is 0 Å². The van der Waals surface area contributed by atoms with Gasteiger partial charge in [-0.05, 0) is 6.07 Å². The first-order valence-electron chi connectivity index (χ1n) is 5.35. The van der Waals surface area contributed by atoms with Crippen molar-refractivity contribution in [1.29, 1.82) is 0 Å². The van der Waals surface area contributed by atoms with Crippen LogP contribution >= 0.6 is 11.6 Å². The van der Waals surface area contributed by atoms with Crippen molar-refractivity contribution in [2.45, 2.75) is 11.4 Å². The summed E-state index contributed by atoms with van der Waals surface area (Å²) >= 11 is 5.74. The maximum atomic E-state index is 11.9. The molecule has 7 nitrogen and oxygen atoms in total. The zero-order chi connectivity index (χ0) is 13.9. The van der Waals surface area contributed by atoms with E-state index in [2.05, 4.69) is 14.7 Å². The number of nitrogens with zero attached hydrogens (tertiary/aromatic N) is 3. The summed E-state index contributed by atoms with van der Waals surface area (Å²) in [5, 5.41) is 0.109. The Kier molecular flexibility index (Phi) is 4.03. The van der Waals surface area contributed by atoms with Gasteiger partial charge in [0, 0.05) is 31.7 Å². The van der Waals surface area contributed by atoms with E-state index in [4.69, 9.17) is 17.3 Å². The van der Waals surface area contributed by atoms with Gasteiger partial charge in [-0.25, -0.2) is 23.1 Å². The molecule has 0 radical (unpaired) electrons. The highest BCUT2D eigenvalue weighted by atomic mass is 35.5. The molecular formula is C10H12ClN5O2S. The van der Waals surface area contributed by atoms with Crippen molar-refractivity contribution < 1.29 is 8.42 Å². The molecule has 2 heterocycles. The molecule has 19 heavy (non-hydrogen) atoms. The summed E-state index contributed by atoms with van der Waals surface area (Å²) in [7, 11) is -3.64. The Morgan fingerprint density at radius 3 is 2.89 bits per heavy atom. The zero-order valence-corrected chi connectivity index (χ0v) is 11.4. The molecule has 2 aromatic heterocycles. The third kappa shape index (κ3) is 3.43. The quantitative estimate of drug-likeness (QED) is 0.836. The van der Waals surface area contributed by atoms with E-state index in [0.29, 0.717) is 6.54 Å². The number of imidazole rings is 1. The number of sulfonamides is 1. The average Bonchev–Trinajstić information content (AvgIpc) is 2.85. The number of nitrogen functional groups attached to an aromatic ring is 1. The molecule has 0 spiro atoms. The highest BCUT2D eigenvalue weighted by Crippen LogP contribution is 2.19. The molecule has 0 saturated carbocycles. The van der Waals surface area contributed by atoms with Gasteiger partial charge in [-0.3, -0.25) is 0 Å². The predicted octanol–water partition coefficient (Wildman–Crippen LogP) is 0.492. The lowest BCUT2D eigenvalue weighted by Gasteiger charge is -2.07. The van der Waals surface area contributed by atoms with Crippen LogP contribution in [0.15, 0.2) is 35.9 Å². The third-order valence-corrected chi connectivity index (χ3v) is 4.11. The number of aromatic nitrogens is 3. The van der Waals surface area contributed by atoms with Gasteiger partial charge in [-0.1, -0.05) is 11.6 Å². The Hall–Kier alpha value is -1.64. The minimum Gasteiger partial charge on any atom is -0.382 e. The van der Waals surface area contributed by atoms with Crippen molar-refractivity contribution in [2.24, 2.45) is 0 Å². The molecule has 3 N–H and O–H groups in total. The first-order chi connectivity index (χ1) is 8.99. The van der Waals surface area contributed by atoms with E-state index < -0.39 is 10.0 Å². The number of hydrogen-bond acceptors (Lipinski definition) is 5. The second-order valence-electron chi connectivity index (χ2n) is 3.74. The van der Waals surface area contributed by atoms with E-state index >= 15 is 0 Å². The topological polar surface area (TPSA) is 103 Å². The molecule has 2 rings (SSSR count). The maximum Gasteiger partial charge on any atom is 0.242 e. The number of rotatable bonds is 5. The van der Waals surface area contributed by atoms with Gasteiger partial charge >= 0.3 is 0 Å². The van der Waals surface area contributed by atoms with Gasteiger partial charge in [0.25, 0.3) is 0 Å². The zero-order valence-electron chi connectivity index (χ0n) is 9.82. The van der Waals surface area contributed by atoms with Crippen LogP contribution in [0.1, 0.15) is 0 Å². The van der Waals surface area contributed by atoms with Crippen LogP contribution in [0.4, 0.5) is 5.82 Å². The Labute approximate surface area is 115 Å². The molecule has 9 heteroatoms. The van der Waals surface area contributed by atoms with Crippen LogP contribution in [-0.4, -0.2) is 29.5 Å². The van der Waals surface area contributed by atoms with Gasteiger partial charge in [0.2, 0.25) is 10.0 Å². The largest absolute Gasteiger partial charge is 0.382 e. The number of pyridine rings is 1. The molecule has 0 amide bonds. The Morgan fingerprint density at radius 1 is 1.47 bits per heavy atom. The van der Waals surface area contributed by atoms with Gasteiger partial charge in [0.05, 0.1) is 11.3 Å². The molecule has 0 aliphatic carbocycles. The monoisotopic (exact) mass is 301 g/mol. The minimum atomic E-state index is -3.64. The predicted molar refractivity (Wildman–Crippen MR) is 71.1 cm³/mol. The maximum absolute atomic E-state index is 11.9.